The number of aromatic nitrogens is 2. The fraction of sp³-hybridized carbons (Fsp3) is 0.500. The minimum absolute atomic E-state index is 0.101. The monoisotopic (exact) mass is 189 g/mol. The number of primary sulfonamides is 1. The molecule has 0 fully saturated rings. The molecule has 0 aromatic carbocycles. The first-order chi connectivity index (χ1) is 5.46. The second-order valence-corrected chi connectivity index (χ2v) is 3.98. The van der Waals surface area contributed by atoms with E-state index in [0.29, 0.717) is 12.2 Å². The lowest BCUT2D eigenvalue weighted by Crippen LogP contribution is -2.13. The Morgan fingerprint density at radius 2 is 2.25 bits per heavy atom. The topological polar surface area (TPSA) is 78.0 Å². The Hall–Kier alpha value is -0.880. The number of nitrogens with zero attached hydrogens (tertiary/aromatic N) is 2. The Bertz CT molecular complexity index is 379. The van der Waals surface area contributed by atoms with Crippen molar-refractivity contribution in [1.29, 1.82) is 0 Å². The van der Waals surface area contributed by atoms with Crippen molar-refractivity contribution in [1.82, 2.24) is 9.78 Å². The quantitative estimate of drug-likeness (QED) is 0.703. The van der Waals surface area contributed by atoms with Crippen molar-refractivity contribution in [3.8, 4) is 0 Å². The van der Waals surface area contributed by atoms with Crippen LogP contribution in [0.15, 0.2) is 11.1 Å². The number of hydrogen-bond acceptors (Lipinski definition) is 3. The van der Waals surface area contributed by atoms with Gasteiger partial charge in [-0.05, 0) is 13.8 Å². The highest BCUT2D eigenvalue weighted by atomic mass is 32.2. The van der Waals surface area contributed by atoms with E-state index in [9.17, 15) is 8.42 Å². The molecule has 0 bridgehead atoms. The highest BCUT2D eigenvalue weighted by molar-refractivity contribution is 7.89. The Morgan fingerprint density at radius 3 is 2.50 bits per heavy atom. The maximum atomic E-state index is 10.9. The van der Waals surface area contributed by atoms with E-state index in [1.54, 1.807) is 11.6 Å². The van der Waals surface area contributed by atoms with Crippen LogP contribution in [0.3, 0.4) is 0 Å². The number of nitrogens with two attached hydrogens (primary N) is 1. The molecular formula is C6H11N3O2S. The van der Waals surface area contributed by atoms with Gasteiger partial charge in [-0.1, -0.05) is 0 Å². The SMILES string of the molecule is CCn1ncc(S(N)(=O)=O)c1C. The fourth-order valence-electron chi connectivity index (χ4n) is 1.03. The molecule has 0 radical (unpaired) electrons. The standard InChI is InChI=1S/C6H11N3O2S/c1-3-9-5(2)6(4-8-9)12(7,10)11/h4H,3H2,1-2H3,(H2,7,10,11). The molecule has 0 spiro atoms. The summed E-state index contributed by atoms with van der Waals surface area (Å²) in [5, 5.41) is 8.80. The summed E-state index contributed by atoms with van der Waals surface area (Å²) in [5.74, 6) is 0. The third-order valence-electron chi connectivity index (χ3n) is 1.66. The van der Waals surface area contributed by atoms with Crippen LogP contribution in [-0.2, 0) is 16.6 Å². The Labute approximate surface area is 71.2 Å². The van der Waals surface area contributed by atoms with E-state index in [-0.39, 0.29) is 4.90 Å². The maximum Gasteiger partial charge on any atom is 0.241 e. The number of hydrogen-bond donors (Lipinski definition) is 1. The maximum absolute atomic E-state index is 10.9. The van der Waals surface area contributed by atoms with Gasteiger partial charge < -0.3 is 0 Å². The third-order valence-corrected chi connectivity index (χ3v) is 2.68. The summed E-state index contributed by atoms with van der Waals surface area (Å²) in [4.78, 5) is 0.101. The van der Waals surface area contributed by atoms with Gasteiger partial charge in [-0.2, -0.15) is 5.10 Å². The minimum atomic E-state index is -3.61. The van der Waals surface area contributed by atoms with Gasteiger partial charge in [0.25, 0.3) is 0 Å². The highest BCUT2D eigenvalue weighted by Gasteiger charge is 2.15. The van der Waals surface area contributed by atoms with Crippen LogP contribution in [0.5, 0.6) is 0 Å². The van der Waals surface area contributed by atoms with Crippen molar-refractivity contribution >= 4 is 10.0 Å². The third kappa shape index (κ3) is 1.49. The zero-order chi connectivity index (χ0) is 9.35. The van der Waals surface area contributed by atoms with Crippen LogP contribution in [0, 0.1) is 6.92 Å². The van der Waals surface area contributed by atoms with Gasteiger partial charge in [0.05, 0.1) is 11.9 Å². The summed E-state index contributed by atoms with van der Waals surface area (Å²) in [5.41, 5.74) is 0.583. The van der Waals surface area contributed by atoms with Crippen LogP contribution in [0.4, 0.5) is 0 Å². The van der Waals surface area contributed by atoms with Crippen LogP contribution in [-0.4, -0.2) is 18.2 Å². The predicted octanol–water partition coefficient (Wildman–Crippen LogP) is -0.141. The van der Waals surface area contributed by atoms with Gasteiger partial charge >= 0.3 is 0 Å². The molecular weight excluding hydrogens is 178 g/mol. The zero-order valence-electron chi connectivity index (χ0n) is 6.98. The Balaban J connectivity index is 3.30. The zero-order valence-corrected chi connectivity index (χ0v) is 7.80. The largest absolute Gasteiger partial charge is 0.269 e. The van der Waals surface area contributed by atoms with E-state index in [2.05, 4.69) is 5.10 Å². The molecule has 0 aliphatic heterocycles. The lowest BCUT2D eigenvalue weighted by atomic mass is 10.5. The summed E-state index contributed by atoms with van der Waals surface area (Å²) >= 11 is 0. The summed E-state index contributed by atoms with van der Waals surface area (Å²) in [7, 11) is -3.61. The molecule has 0 aliphatic carbocycles. The van der Waals surface area contributed by atoms with Gasteiger partial charge in [0.2, 0.25) is 10.0 Å². The van der Waals surface area contributed by atoms with Gasteiger partial charge in [0, 0.05) is 6.54 Å². The van der Waals surface area contributed by atoms with Gasteiger partial charge in [-0.3, -0.25) is 4.68 Å². The van der Waals surface area contributed by atoms with E-state index in [1.807, 2.05) is 6.92 Å². The van der Waals surface area contributed by atoms with Crippen molar-refractivity contribution in [3.05, 3.63) is 11.9 Å². The molecule has 1 heterocycles. The first-order valence-electron chi connectivity index (χ1n) is 3.52. The molecule has 0 amide bonds. The molecule has 1 aromatic rings. The number of aryl methyl sites for hydroxylation is 1. The second kappa shape index (κ2) is 2.87. The fourth-order valence-corrected chi connectivity index (χ4v) is 1.74. The van der Waals surface area contributed by atoms with E-state index < -0.39 is 10.0 Å². The smallest absolute Gasteiger partial charge is 0.241 e. The van der Waals surface area contributed by atoms with Crippen molar-refractivity contribution in [2.24, 2.45) is 5.14 Å². The van der Waals surface area contributed by atoms with Crippen LogP contribution < -0.4 is 5.14 Å². The average molecular weight is 189 g/mol. The van der Waals surface area contributed by atoms with Gasteiger partial charge in [0.15, 0.2) is 0 Å². The normalized spacial score (nSPS) is 11.9. The summed E-state index contributed by atoms with van der Waals surface area (Å²) in [6.45, 7) is 4.20. The Kier molecular flexibility index (Phi) is 2.20. The summed E-state index contributed by atoms with van der Waals surface area (Å²) in [6.07, 6.45) is 1.27. The summed E-state index contributed by atoms with van der Waals surface area (Å²) in [6, 6.07) is 0. The van der Waals surface area contributed by atoms with Crippen molar-refractivity contribution < 1.29 is 8.42 Å². The molecule has 6 heteroatoms. The minimum Gasteiger partial charge on any atom is -0.269 e. The molecule has 5 nitrogen and oxygen atoms in total. The molecule has 1 aromatic heterocycles. The van der Waals surface area contributed by atoms with Crippen LogP contribution in [0.25, 0.3) is 0 Å². The Morgan fingerprint density at radius 1 is 1.67 bits per heavy atom. The lowest BCUT2D eigenvalue weighted by molar-refractivity contribution is 0.595. The highest BCUT2D eigenvalue weighted by Crippen LogP contribution is 2.11. The molecule has 2 N–H and O–H groups in total. The van der Waals surface area contributed by atoms with E-state index in [0.717, 1.165) is 0 Å². The molecule has 0 aliphatic rings. The second-order valence-electron chi connectivity index (χ2n) is 2.46. The van der Waals surface area contributed by atoms with Gasteiger partial charge in [-0.15, -0.1) is 0 Å². The molecule has 12 heavy (non-hydrogen) atoms. The van der Waals surface area contributed by atoms with E-state index in [1.165, 1.54) is 6.20 Å². The number of rotatable bonds is 2. The van der Waals surface area contributed by atoms with Crippen LogP contribution >= 0.6 is 0 Å². The first-order valence-corrected chi connectivity index (χ1v) is 5.06. The van der Waals surface area contributed by atoms with Gasteiger partial charge in [0.1, 0.15) is 4.90 Å². The predicted molar refractivity (Wildman–Crippen MR) is 44.0 cm³/mol. The van der Waals surface area contributed by atoms with Gasteiger partial charge in [-0.25, -0.2) is 13.6 Å². The molecule has 0 unspecified atom stereocenters. The van der Waals surface area contributed by atoms with Crippen molar-refractivity contribution in [2.45, 2.75) is 25.3 Å². The average Bonchev–Trinajstić information content (AvgIpc) is 2.29. The lowest BCUT2D eigenvalue weighted by Gasteiger charge is -1.99. The summed E-state index contributed by atoms with van der Waals surface area (Å²) < 4.78 is 23.4. The molecule has 0 atom stereocenters. The van der Waals surface area contributed by atoms with Crippen molar-refractivity contribution in [3.63, 3.8) is 0 Å². The van der Waals surface area contributed by atoms with Crippen molar-refractivity contribution in [2.75, 3.05) is 0 Å². The van der Waals surface area contributed by atoms with E-state index in [4.69, 9.17) is 5.14 Å². The van der Waals surface area contributed by atoms with Crippen LogP contribution in [0.2, 0.25) is 0 Å². The molecule has 68 valence electrons. The molecule has 1 rings (SSSR count). The molecule has 0 saturated heterocycles. The first kappa shape index (κ1) is 9.21. The number of sulfonamides is 1. The van der Waals surface area contributed by atoms with E-state index >= 15 is 0 Å². The van der Waals surface area contributed by atoms with Crippen LogP contribution in [0.1, 0.15) is 12.6 Å². The molecule has 0 saturated carbocycles.